The van der Waals surface area contributed by atoms with Crippen LogP contribution in [0.4, 0.5) is 8.78 Å². The van der Waals surface area contributed by atoms with Gasteiger partial charge in [0.05, 0.1) is 29.1 Å². The summed E-state index contributed by atoms with van der Waals surface area (Å²) in [5.41, 5.74) is 7.31. The van der Waals surface area contributed by atoms with Gasteiger partial charge in [0.1, 0.15) is 16.8 Å². The molecule has 0 bridgehead atoms. The SMILES string of the molecule is CCCCCCCCOc1cccc(-c2nc3c(-c4ccc(C(C)C)s4)c(F)c(F)c(-c4ccc(-c5cc6c(-c7ccc(C)s7)c7sc(C(C)C)cc7c(-c7ccc(C)s7)c6s5)s4)c3nc2-c2cccc(C)c2)c1. The summed E-state index contributed by atoms with van der Waals surface area (Å²) in [7, 11) is 0. The molecule has 4 aromatic carbocycles. The summed E-state index contributed by atoms with van der Waals surface area (Å²) >= 11 is 10.3. The highest BCUT2D eigenvalue weighted by Gasteiger charge is 2.30. The quantitative estimate of drug-likeness (QED) is 0.0853. The third-order valence-corrected chi connectivity index (χ3v) is 21.1. The van der Waals surface area contributed by atoms with Crippen molar-refractivity contribution in [1.82, 2.24) is 9.97 Å². The highest BCUT2D eigenvalue weighted by molar-refractivity contribution is 7.28. The number of ether oxygens (including phenoxy) is 1. The van der Waals surface area contributed by atoms with Crippen molar-refractivity contribution in [3.63, 3.8) is 0 Å². The molecule has 0 aliphatic rings. The average molecular weight is 1090 g/mol. The Hall–Kier alpha value is -5.40. The van der Waals surface area contributed by atoms with Crippen molar-refractivity contribution < 1.29 is 13.5 Å². The Kier molecular flexibility index (Phi) is 14.6. The van der Waals surface area contributed by atoms with Gasteiger partial charge in [0.25, 0.3) is 0 Å². The molecule has 7 heterocycles. The maximum absolute atomic E-state index is 17.7. The summed E-state index contributed by atoms with van der Waals surface area (Å²) < 4.78 is 44.1. The molecule has 376 valence electrons. The number of fused-ring (bicyclic) bond motifs is 3. The van der Waals surface area contributed by atoms with Gasteiger partial charge in [0.2, 0.25) is 0 Å². The Bertz CT molecular complexity index is 3760. The molecule has 7 aromatic heterocycles. The standard InChI is InChI=1S/C63H58F2N2OS6/c1-9-10-11-12-13-14-29-68-41-20-16-19-40(31-41)59-58(39-18-15-17-36(6)30-39)66-61-55(57(65)56(64)54(60(61)67-59)48-27-25-44(71-48)34(2)3)49-28-26-45(72-49)51-33-43-53(47-24-22-38(8)70-47)62-42(32-50(73-62)35(4)5)52(63(43)74-51)46-23-21-37(7)69-46/h15-28,30-35H,9-14,29H2,1-8H3. The third-order valence-electron chi connectivity index (χ3n) is 13.7. The van der Waals surface area contributed by atoms with Gasteiger partial charge in [-0.3, -0.25) is 0 Å². The van der Waals surface area contributed by atoms with Crippen LogP contribution >= 0.6 is 68.0 Å². The first kappa shape index (κ1) is 50.7. The van der Waals surface area contributed by atoms with E-state index in [0.717, 1.165) is 49.9 Å². The van der Waals surface area contributed by atoms with Gasteiger partial charge in [-0.25, -0.2) is 18.7 Å². The third kappa shape index (κ3) is 9.73. The zero-order chi connectivity index (χ0) is 51.4. The fourth-order valence-corrected chi connectivity index (χ4v) is 16.5. The topological polar surface area (TPSA) is 35.0 Å². The van der Waals surface area contributed by atoms with Crippen LogP contribution in [0.3, 0.4) is 0 Å². The molecular formula is C63H58F2N2OS6. The van der Waals surface area contributed by atoms with Crippen LogP contribution in [-0.2, 0) is 0 Å². The summed E-state index contributed by atoms with van der Waals surface area (Å²) in [6.45, 7) is 18.0. The molecule has 11 heteroatoms. The Morgan fingerprint density at radius 1 is 0.473 bits per heavy atom. The van der Waals surface area contributed by atoms with E-state index in [1.807, 2.05) is 88.6 Å². The second kappa shape index (κ2) is 21.3. The molecule has 11 aromatic rings. The van der Waals surface area contributed by atoms with Gasteiger partial charge >= 0.3 is 0 Å². The number of rotatable bonds is 17. The van der Waals surface area contributed by atoms with Crippen molar-refractivity contribution in [2.45, 2.75) is 106 Å². The summed E-state index contributed by atoms with van der Waals surface area (Å²) in [6, 6.07) is 37.8. The minimum Gasteiger partial charge on any atom is -0.494 e. The molecule has 74 heavy (non-hydrogen) atoms. The van der Waals surface area contributed by atoms with Crippen LogP contribution in [0.5, 0.6) is 5.75 Å². The minimum absolute atomic E-state index is 0.120. The average Bonchev–Trinajstić information content (AvgIpc) is 4.26. The Morgan fingerprint density at radius 3 is 1.62 bits per heavy atom. The number of hydrogen-bond donors (Lipinski definition) is 0. The highest BCUT2D eigenvalue weighted by Crippen LogP contribution is 2.55. The fourth-order valence-electron chi connectivity index (χ4n) is 9.89. The molecule has 0 fully saturated rings. The van der Waals surface area contributed by atoms with E-state index in [9.17, 15) is 0 Å². The van der Waals surface area contributed by atoms with Crippen molar-refractivity contribution in [2.75, 3.05) is 6.61 Å². The van der Waals surface area contributed by atoms with Crippen LogP contribution in [0.15, 0.2) is 109 Å². The van der Waals surface area contributed by atoms with Gasteiger partial charge in [-0.05, 0) is 118 Å². The molecule has 0 spiro atoms. The smallest absolute Gasteiger partial charge is 0.170 e. The van der Waals surface area contributed by atoms with E-state index >= 15 is 8.78 Å². The molecule has 0 radical (unpaired) electrons. The second-order valence-corrected chi connectivity index (χ2v) is 26.9. The maximum atomic E-state index is 17.7. The van der Waals surface area contributed by atoms with E-state index in [1.165, 1.54) is 104 Å². The van der Waals surface area contributed by atoms with Crippen molar-refractivity contribution >= 4 is 99.2 Å². The van der Waals surface area contributed by atoms with Gasteiger partial charge in [0.15, 0.2) is 11.6 Å². The fraction of sp³-hybridized carbons (Fsp3) is 0.270. The number of hydrogen-bond acceptors (Lipinski definition) is 9. The lowest BCUT2D eigenvalue weighted by Gasteiger charge is -2.17. The Labute approximate surface area is 457 Å². The van der Waals surface area contributed by atoms with E-state index in [1.54, 1.807) is 11.3 Å². The minimum atomic E-state index is -0.925. The van der Waals surface area contributed by atoms with E-state index in [-0.39, 0.29) is 17.0 Å². The van der Waals surface area contributed by atoms with E-state index in [0.29, 0.717) is 44.7 Å². The maximum Gasteiger partial charge on any atom is 0.170 e. The van der Waals surface area contributed by atoms with Gasteiger partial charge < -0.3 is 4.74 Å². The van der Waals surface area contributed by atoms with E-state index in [4.69, 9.17) is 14.7 Å². The monoisotopic (exact) mass is 1090 g/mol. The van der Waals surface area contributed by atoms with Crippen molar-refractivity contribution in [3.8, 4) is 79.8 Å². The number of aryl methyl sites for hydroxylation is 3. The predicted octanol–water partition coefficient (Wildman–Crippen LogP) is 22.2. The summed E-state index contributed by atoms with van der Waals surface area (Å²) in [5, 5.41) is 2.51. The molecule has 0 unspecified atom stereocenters. The summed E-state index contributed by atoms with van der Waals surface area (Å²) in [4.78, 5) is 21.7. The molecule has 0 aliphatic heterocycles. The molecule has 0 aliphatic carbocycles. The van der Waals surface area contributed by atoms with Crippen LogP contribution < -0.4 is 4.74 Å². The van der Waals surface area contributed by atoms with Crippen molar-refractivity contribution in [3.05, 3.63) is 146 Å². The molecule has 0 saturated heterocycles. The lowest BCUT2D eigenvalue weighted by molar-refractivity contribution is 0.304. The molecule has 3 nitrogen and oxygen atoms in total. The van der Waals surface area contributed by atoms with Crippen LogP contribution in [0.2, 0.25) is 0 Å². The first-order chi connectivity index (χ1) is 35.8. The molecule has 0 atom stereocenters. The number of unbranched alkanes of at least 4 members (excludes halogenated alkanes) is 5. The molecule has 0 saturated carbocycles. The lowest BCUT2D eigenvalue weighted by atomic mass is 9.99. The van der Waals surface area contributed by atoms with Crippen LogP contribution in [0.25, 0.3) is 105 Å². The Morgan fingerprint density at radius 2 is 1.01 bits per heavy atom. The number of aromatic nitrogens is 2. The number of halogens is 2. The molecule has 0 amide bonds. The largest absolute Gasteiger partial charge is 0.494 e. The van der Waals surface area contributed by atoms with Gasteiger partial charge in [0, 0.05) is 91.2 Å². The van der Waals surface area contributed by atoms with Gasteiger partial charge in [-0.15, -0.1) is 68.0 Å². The summed E-state index contributed by atoms with van der Waals surface area (Å²) in [6.07, 6.45) is 7.04. The lowest BCUT2D eigenvalue weighted by Crippen LogP contribution is -2.03. The highest BCUT2D eigenvalue weighted by atomic mass is 32.1. The zero-order valence-electron chi connectivity index (χ0n) is 43.0. The van der Waals surface area contributed by atoms with E-state index in [2.05, 4.69) is 110 Å². The van der Waals surface area contributed by atoms with Crippen LogP contribution in [-0.4, -0.2) is 16.6 Å². The number of thiophene rings is 6. The normalized spacial score (nSPS) is 12.0. The van der Waals surface area contributed by atoms with Crippen molar-refractivity contribution in [1.29, 1.82) is 0 Å². The zero-order valence-corrected chi connectivity index (χ0v) is 47.9. The second-order valence-electron chi connectivity index (χ2n) is 20.0. The first-order valence-electron chi connectivity index (χ1n) is 25.7. The summed E-state index contributed by atoms with van der Waals surface area (Å²) in [5.74, 6) is -0.500. The van der Waals surface area contributed by atoms with Crippen molar-refractivity contribution in [2.24, 2.45) is 0 Å². The number of nitrogens with zero attached hydrogens (tertiary/aromatic N) is 2. The van der Waals surface area contributed by atoms with Gasteiger partial charge in [-0.1, -0.05) is 103 Å². The Balaban J connectivity index is 1.10. The van der Waals surface area contributed by atoms with Gasteiger partial charge in [-0.2, -0.15) is 0 Å². The van der Waals surface area contributed by atoms with Crippen LogP contribution in [0.1, 0.15) is 110 Å². The molecular weight excluding hydrogens is 1030 g/mol. The number of benzene rings is 4. The van der Waals surface area contributed by atoms with E-state index < -0.39 is 11.6 Å². The molecule has 0 N–H and O–H groups in total. The predicted molar refractivity (Wildman–Crippen MR) is 321 cm³/mol. The first-order valence-corrected chi connectivity index (χ1v) is 30.6. The molecule has 11 rings (SSSR count). The van der Waals surface area contributed by atoms with Crippen LogP contribution in [0, 0.1) is 32.4 Å².